The Bertz CT molecular complexity index is 486. The summed E-state index contributed by atoms with van der Waals surface area (Å²) in [4.78, 5) is 26.6. The molecule has 1 saturated carbocycles. The molecule has 0 radical (unpaired) electrons. The number of carboxylic acid groups (broad SMARTS) is 1. The Morgan fingerprint density at radius 2 is 2.26 bits per heavy atom. The van der Waals surface area contributed by atoms with Crippen LogP contribution in [0.3, 0.4) is 0 Å². The van der Waals surface area contributed by atoms with Crippen LogP contribution in [0.1, 0.15) is 24.0 Å². The Morgan fingerprint density at radius 3 is 2.84 bits per heavy atom. The molecule has 19 heavy (non-hydrogen) atoms. The van der Waals surface area contributed by atoms with Crippen molar-refractivity contribution in [1.82, 2.24) is 15.6 Å². The van der Waals surface area contributed by atoms with Crippen molar-refractivity contribution in [3.8, 4) is 0 Å². The summed E-state index contributed by atoms with van der Waals surface area (Å²) in [6.07, 6.45) is 5.09. The summed E-state index contributed by atoms with van der Waals surface area (Å²) in [5, 5.41) is 14.2. The third-order valence-corrected chi connectivity index (χ3v) is 3.23. The van der Waals surface area contributed by atoms with Crippen molar-refractivity contribution in [2.75, 3.05) is 0 Å². The van der Waals surface area contributed by atoms with Gasteiger partial charge in [-0.3, -0.25) is 4.98 Å². The van der Waals surface area contributed by atoms with Crippen LogP contribution in [-0.2, 0) is 11.3 Å². The molecule has 1 aromatic rings. The molecule has 1 aliphatic rings. The van der Waals surface area contributed by atoms with Gasteiger partial charge in [-0.1, -0.05) is 0 Å². The molecule has 102 valence electrons. The zero-order valence-corrected chi connectivity index (χ0v) is 10.7. The van der Waals surface area contributed by atoms with Crippen LogP contribution < -0.4 is 10.6 Å². The molecule has 1 fully saturated rings. The Morgan fingerprint density at radius 1 is 1.53 bits per heavy atom. The van der Waals surface area contributed by atoms with Crippen LogP contribution in [0, 0.1) is 12.8 Å². The predicted molar refractivity (Wildman–Crippen MR) is 68.5 cm³/mol. The van der Waals surface area contributed by atoms with E-state index >= 15 is 0 Å². The topological polar surface area (TPSA) is 91.3 Å². The minimum Gasteiger partial charge on any atom is -0.480 e. The fourth-order valence-corrected chi connectivity index (χ4v) is 1.86. The van der Waals surface area contributed by atoms with Gasteiger partial charge in [0.15, 0.2) is 0 Å². The van der Waals surface area contributed by atoms with Crippen molar-refractivity contribution in [2.24, 2.45) is 5.92 Å². The molecule has 6 nitrogen and oxygen atoms in total. The average molecular weight is 263 g/mol. The van der Waals surface area contributed by atoms with E-state index in [2.05, 4.69) is 15.6 Å². The number of urea groups is 1. The Balaban J connectivity index is 1.84. The number of carbonyl (C=O) groups is 2. The second-order valence-corrected chi connectivity index (χ2v) is 4.78. The molecule has 0 spiro atoms. The summed E-state index contributed by atoms with van der Waals surface area (Å²) in [6, 6.07) is 0.622. The van der Waals surface area contributed by atoms with Crippen molar-refractivity contribution in [3.63, 3.8) is 0 Å². The third kappa shape index (κ3) is 3.67. The van der Waals surface area contributed by atoms with Crippen LogP contribution in [0.5, 0.6) is 0 Å². The van der Waals surface area contributed by atoms with Gasteiger partial charge in [-0.05, 0) is 42.9 Å². The van der Waals surface area contributed by atoms with Gasteiger partial charge in [0.25, 0.3) is 0 Å². The summed E-state index contributed by atoms with van der Waals surface area (Å²) in [5.41, 5.74) is 1.95. The van der Waals surface area contributed by atoms with Crippen LogP contribution in [0.15, 0.2) is 18.5 Å². The second-order valence-electron chi connectivity index (χ2n) is 4.78. The van der Waals surface area contributed by atoms with Gasteiger partial charge >= 0.3 is 12.0 Å². The highest BCUT2D eigenvalue weighted by molar-refractivity contribution is 5.83. The molecular weight excluding hydrogens is 246 g/mol. The van der Waals surface area contributed by atoms with Crippen LogP contribution >= 0.6 is 0 Å². The molecule has 2 amide bonds. The lowest BCUT2D eigenvalue weighted by Gasteiger charge is -2.14. The highest BCUT2D eigenvalue weighted by Gasteiger charge is 2.37. The largest absolute Gasteiger partial charge is 0.480 e. The standard InChI is InChI=1S/C13H17N3O3/c1-8-4-5-14-6-10(8)7-15-13(19)16-11(12(17)18)9-2-3-9/h4-6,9,11H,2-3,7H2,1H3,(H,17,18)(H2,15,16,19). The maximum absolute atomic E-state index is 11.7. The van der Waals surface area contributed by atoms with Crippen LogP contribution in [-0.4, -0.2) is 28.1 Å². The van der Waals surface area contributed by atoms with Gasteiger partial charge in [0.1, 0.15) is 6.04 Å². The van der Waals surface area contributed by atoms with E-state index in [0.717, 1.165) is 24.0 Å². The molecule has 0 saturated heterocycles. The van der Waals surface area contributed by atoms with Crippen molar-refractivity contribution >= 4 is 12.0 Å². The fourth-order valence-electron chi connectivity index (χ4n) is 1.86. The third-order valence-electron chi connectivity index (χ3n) is 3.23. The molecule has 0 aliphatic heterocycles. The van der Waals surface area contributed by atoms with E-state index in [-0.39, 0.29) is 5.92 Å². The number of rotatable bonds is 5. The number of carbonyl (C=O) groups excluding carboxylic acids is 1. The average Bonchev–Trinajstić information content (AvgIpc) is 3.19. The Labute approximate surface area is 111 Å². The molecule has 1 atom stereocenters. The number of aryl methyl sites for hydroxylation is 1. The molecule has 1 unspecified atom stereocenters. The van der Waals surface area contributed by atoms with Crippen LogP contribution in [0.25, 0.3) is 0 Å². The van der Waals surface area contributed by atoms with Crippen LogP contribution in [0.4, 0.5) is 4.79 Å². The molecule has 0 bridgehead atoms. The number of pyridine rings is 1. The maximum Gasteiger partial charge on any atom is 0.326 e. The predicted octanol–water partition coefficient (Wildman–Crippen LogP) is 1.05. The number of nitrogens with one attached hydrogen (secondary N) is 2. The second kappa shape index (κ2) is 5.69. The van der Waals surface area contributed by atoms with Gasteiger partial charge in [0, 0.05) is 18.9 Å². The minimum atomic E-state index is -0.977. The highest BCUT2D eigenvalue weighted by atomic mass is 16.4. The van der Waals surface area contributed by atoms with E-state index in [9.17, 15) is 9.59 Å². The summed E-state index contributed by atoms with van der Waals surface area (Å²) < 4.78 is 0. The van der Waals surface area contributed by atoms with E-state index < -0.39 is 18.0 Å². The van der Waals surface area contributed by atoms with Crippen molar-refractivity contribution in [3.05, 3.63) is 29.6 Å². The summed E-state index contributed by atoms with van der Waals surface area (Å²) >= 11 is 0. The highest BCUT2D eigenvalue weighted by Crippen LogP contribution is 2.32. The van der Waals surface area contributed by atoms with Gasteiger partial charge in [-0.25, -0.2) is 9.59 Å². The molecule has 0 aromatic carbocycles. The minimum absolute atomic E-state index is 0.0726. The summed E-state index contributed by atoms with van der Waals surface area (Å²) in [6.45, 7) is 2.27. The first-order valence-electron chi connectivity index (χ1n) is 6.24. The maximum atomic E-state index is 11.7. The smallest absolute Gasteiger partial charge is 0.326 e. The number of hydrogen-bond donors (Lipinski definition) is 3. The van der Waals surface area contributed by atoms with Crippen molar-refractivity contribution < 1.29 is 14.7 Å². The lowest BCUT2D eigenvalue weighted by atomic mass is 10.1. The number of hydrogen-bond acceptors (Lipinski definition) is 3. The van der Waals surface area contributed by atoms with E-state index in [4.69, 9.17) is 5.11 Å². The van der Waals surface area contributed by atoms with Gasteiger partial charge in [-0.2, -0.15) is 0 Å². The number of carboxylic acids is 1. The van der Waals surface area contributed by atoms with E-state index in [1.54, 1.807) is 12.4 Å². The lowest BCUT2D eigenvalue weighted by Crippen LogP contribution is -2.47. The first-order valence-corrected chi connectivity index (χ1v) is 6.24. The van der Waals surface area contributed by atoms with E-state index in [1.807, 2.05) is 13.0 Å². The van der Waals surface area contributed by atoms with Crippen molar-refractivity contribution in [1.29, 1.82) is 0 Å². The summed E-state index contributed by atoms with van der Waals surface area (Å²) in [5.74, 6) is -0.904. The monoisotopic (exact) mass is 263 g/mol. The quantitative estimate of drug-likeness (QED) is 0.740. The van der Waals surface area contributed by atoms with E-state index in [0.29, 0.717) is 6.54 Å². The zero-order valence-electron chi connectivity index (χ0n) is 10.7. The first-order chi connectivity index (χ1) is 9.08. The lowest BCUT2D eigenvalue weighted by molar-refractivity contribution is -0.139. The molecule has 3 N–H and O–H groups in total. The van der Waals surface area contributed by atoms with Gasteiger partial charge in [0.2, 0.25) is 0 Å². The number of amides is 2. The number of nitrogens with zero attached hydrogens (tertiary/aromatic N) is 1. The molecule has 2 rings (SSSR count). The Kier molecular flexibility index (Phi) is 3.99. The zero-order chi connectivity index (χ0) is 13.8. The first kappa shape index (κ1) is 13.3. The summed E-state index contributed by atoms with van der Waals surface area (Å²) in [7, 11) is 0. The molecular formula is C13H17N3O3. The van der Waals surface area contributed by atoms with Crippen molar-refractivity contribution in [2.45, 2.75) is 32.4 Å². The van der Waals surface area contributed by atoms with Gasteiger partial charge in [-0.15, -0.1) is 0 Å². The number of aliphatic carboxylic acids is 1. The Hall–Kier alpha value is -2.11. The fraction of sp³-hybridized carbons (Fsp3) is 0.462. The molecule has 1 heterocycles. The molecule has 1 aromatic heterocycles. The molecule has 1 aliphatic carbocycles. The number of aromatic nitrogens is 1. The van der Waals surface area contributed by atoms with Crippen LogP contribution in [0.2, 0.25) is 0 Å². The normalized spacial score (nSPS) is 15.6. The van der Waals surface area contributed by atoms with Gasteiger partial charge < -0.3 is 15.7 Å². The van der Waals surface area contributed by atoms with E-state index in [1.165, 1.54) is 0 Å². The SMILES string of the molecule is Cc1ccncc1CNC(=O)NC(C(=O)O)C1CC1. The van der Waals surface area contributed by atoms with Gasteiger partial charge in [0.05, 0.1) is 0 Å². The molecule has 6 heteroatoms.